The molecule has 1 aromatic rings. The van der Waals surface area contributed by atoms with Crippen LogP contribution >= 0.6 is 0 Å². The standard InChI is InChI=1S/C17H25N3O2/c1-3-9-18-17(22)13(2)19-16(21)12-20-10-8-14-6-4-5-7-15(14)11-20/h4-7,13H,3,8-12H2,1-2H3,(H,18,22)(H,19,21)/t13-/m0/s1. The topological polar surface area (TPSA) is 61.4 Å². The predicted octanol–water partition coefficient (Wildman–Crippen LogP) is 1.08. The van der Waals surface area contributed by atoms with E-state index in [4.69, 9.17) is 0 Å². The van der Waals surface area contributed by atoms with Crippen molar-refractivity contribution in [3.8, 4) is 0 Å². The number of hydrogen-bond donors (Lipinski definition) is 2. The Bertz CT molecular complexity index is 530. The first-order valence-electron chi connectivity index (χ1n) is 7.96. The highest BCUT2D eigenvalue weighted by molar-refractivity contribution is 5.87. The Labute approximate surface area is 132 Å². The summed E-state index contributed by atoms with van der Waals surface area (Å²) in [5, 5.41) is 5.55. The van der Waals surface area contributed by atoms with Crippen LogP contribution in [0, 0.1) is 0 Å². The lowest BCUT2D eigenvalue weighted by Gasteiger charge is -2.28. The van der Waals surface area contributed by atoms with Gasteiger partial charge in [0.2, 0.25) is 11.8 Å². The summed E-state index contributed by atoms with van der Waals surface area (Å²) in [6.45, 7) is 6.36. The highest BCUT2D eigenvalue weighted by Gasteiger charge is 2.20. The lowest BCUT2D eigenvalue weighted by atomic mass is 10.00. The van der Waals surface area contributed by atoms with Gasteiger partial charge in [0.15, 0.2) is 0 Å². The van der Waals surface area contributed by atoms with Crippen LogP contribution in [0.25, 0.3) is 0 Å². The molecule has 1 aromatic carbocycles. The molecule has 22 heavy (non-hydrogen) atoms. The molecule has 5 heteroatoms. The normalized spacial score (nSPS) is 15.7. The number of amides is 2. The smallest absolute Gasteiger partial charge is 0.242 e. The Morgan fingerprint density at radius 1 is 1.27 bits per heavy atom. The quantitative estimate of drug-likeness (QED) is 0.826. The molecule has 0 spiro atoms. The lowest BCUT2D eigenvalue weighted by Crippen LogP contribution is -2.48. The van der Waals surface area contributed by atoms with Gasteiger partial charge in [-0.25, -0.2) is 0 Å². The number of hydrogen-bond acceptors (Lipinski definition) is 3. The molecule has 120 valence electrons. The number of carbonyl (C=O) groups is 2. The van der Waals surface area contributed by atoms with E-state index in [1.54, 1.807) is 6.92 Å². The molecule has 0 unspecified atom stereocenters. The van der Waals surface area contributed by atoms with Crippen LogP contribution in [0.3, 0.4) is 0 Å². The van der Waals surface area contributed by atoms with Crippen molar-refractivity contribution in [2.45, 2.75) is 39.3 Å². The van der Waals surface area contributed by atoms with Crippen molar-refractivity contribution >= 4 is 11.8 Å². The van der Waals surface area contributed by atoms with Crippen molar-refractivity contribution < 1.29 is 9.59 Å². The minimum atomic E-state index is -0.490. The van der Waals surface area contributed by atoms with Crippen LogP contribution in [0.2, 0.25) is 0 Å². The van der Waals surface area contributed by atoms with Crippen molar-refractivity contribution in [2.75, 3.05) is 19.6 Å². The van der Waals surface area contributed by atoms with Crippen LogP contribution < -0.4 is 10.6 Å². The van der Waals surface area contributed by atoms with Crippen LogP contribution in [0.15, 0.2) is 24.3 Å². The molecule has 0 fully saturated rings. The first kappa shape index (κ1) is 16.5. The van der Waals surface area contributed by atoms with Crippen molar-refractivity contribution in [1.29, 1.82) is 0 Å². The molecule has 1 heterocycles. The van der Waals surface area contributed by atoms with Gasteiger partial charge < -0.3 is 10.6 Å². The molecule has 5 nitrogen and oxygen atoms in total. The molecular weight excluding hydrogens is 278 g/mol. The Morgan fingerprint density at radius 3 is 2.73 bits per heavy atom. The zero-order chi connectivity index (χ0) is 15.9. The van der Waals surface area contributed by atoms with Crippen LogP contribution in [-0.2, 0) is 22.6 Å². The number of nitrogens with one attached hydrogen (secondary N) is 2. The lowest BCUT2D eigenvalue weighted by molar-refractivity contribution is -0.129. The summed E-state index contributed by atoms with van der Waals surface area (Å²) in [5.74, 6) is -0.224. The summed E-state index contributed by atoms with van der Waals surface area (Å²) < 4.78 is 0. The van der Waals surface area contributed by atoms with E-state index in [0.29, 0.717) is 13.1 Å². The molecule has 2 rings (SSSR count). The van der Waals surface area contributed by atoms with Gasteiger partial charge in [0.05, 0.1) is 6.54 Å². The second-order valence-electron chi connectivity index (χ2n) is 5.81. The van der Waals surface area contributed by atoms with Crippen molar-refractivity contribution in [1.82, 2.24) is 15.5 Å². The van der Waals surface area contributed by atoms with Gasteiger partial charge >= 0.3 is 0 Å². The van der Waals surface area contributed by atoms with Gasteiger partial charge in [0.1, 0.15) is 6.04 Å². The Kier molecular flexibility index (Phi) is 5.95. The van der Waals surface area contributed by atoms with Gasteiger partial charge in [0, 0.05) is 19.6 Å². The van der Waals surface area contributed by atoms with Crippen LogP contribution in [0.4, 0.5) is 0 Å². The highest BCUT2D eigenvalue weighted by atomic mass is 16.2. The monoisotopic (exact) mass is 303 g/mol. The fourth-order valence-corrected chi connectivity index (χ4v) is 2.65. The number of nitrogens with zero attached hydrogens (tertiary/aromatic N) is 1. The minimum Gasteiger partial charge on any atom is -0.354 e. The molecule has 2 N–H and O–H groups in total. The Hall–Kier alpha value is -1.88. The molecule has 0 radical (unpaired) electrons. The predicted molar refractivity (Wildman–Crippen MR) is 86.3 cm³/mol. The van der Waals surface area contributed by atoms with E-state index in [9.17, 15) is 9.59 Å². The van der Waals surface area contributed by atoms with Crippen LogP contribution in [0.1, 0.15) is 31.4 Å². The van der Waals surface area contributed by atoms with Crippen LogP contribution in [-0.4, -0.2) is 42.4 Å². The van der Waals surface area contributed by atoms with E-state index in [0.717, 1.165) is 25.9 Å². The van der Waals surface area contributed by atoms with Gasteiger partial charge in [-0.3, -0.25) is 14.5 Å². The molecule has 2 amide bonds. The third-order valence-corrected chi connectivity index (χ3v) is 3.90. The third-order valence-electron chi connectivity index (χ3n) is 3.90. The van der Waals surface area contributed by atoms with Gasteiger partial charge in [0.25, 0.3) is 0 Å². The van der Waals surface area contributed by atoms with Gasteiger partial charge in [-0.15, -0.1) is 0 Å². The average molecular weight is 303 g/mol. The zero-order valence-corrected chi connectivity index (χ0v) is 13.4. The van der Waals surface area contributed by atoms with E-state index in [1.165, 1.54) is 11.1 Å². The summed E-state index contributed by atoms with van der Waals surface area (Å²) in [6.07, 6.45) is 1.86. The molecular formula is C17H25N3O2. The summed E-state index contributed by atoms with van der Waals surface area (Å²) in [5.41, 5.74) is 2.65. The molecule has 0 bridgehead atoms. The highest BCUT2D eigenvalue weighted by Crippen LogP contribution is 2.17. The summed E-state index contributed by atoms with van der Waals surface area (Å²) in [6, 6.07) is 7.85. The molecule has 0 saturated heterocycles. The SMILES string of the molecule is CCCNC(=O)[C@H](C)NC(=O)CN1CCc2ccccc2C1. The van der Waals surface area contributed by atoms with Gasteiger partial charge in [-0.2, -0.15) is 0 Å². The summed E-state index contributed by atoms with van der Waals surface area (Å²) >= 11 is 0. The van der Waals surface area contributed by atoms with Gasteiger partial charge in [-0.1, -0.05) is 31.2 Å². The molecule has 0 aliphatic carbocycles. The Morgan fingerprint density at radius 2 is 2.00 bits per heavy atom. The number of rotatable bonds is 6. The number of benzene rings is 1. The average Bonchev–Trinajstić information content (AvgIpc) is 2.52. The van der Waals surface area contributed by atoms with E-state index < -0.39 is 6.04 Å². The maximum atomic E-state index is 12.1. The van der Waals surface area contributed by atoms with E-state index in [2.05, 4.69) is 33.7 Å². The van der Waals surface area contributed by atoms with E-state index >= 15 is 0 Å². The zero-order valence-electron chi connectivity index (χ0n) is 13.4. The van der Waals surface area contributed by atoms with Crippen LogP contribution in [0.5, 0.6) is 0 Å². The first-order valence-corrected chi connectivity index (χ1v) is 7.96. The first-order chi connectivity index (χ1) is 10.6. The molecule has 0 aromatic heterocycles. The van der Waals surface area contributed by atoms with Crippen molar-refractivity contribution in [3.05, 3.63) is 35.4 Å². The maximum Gasteiger partial charge on any atom is 0.242 e. The third kappa shape index (κ3) is 4.56. The van der Waals surface area contributed by atoms with Crippen molar-refractivity contribution in [3.63, 3.8) is 0 Å². The fourth-order valence-electron chi connectivity index (χ4n) is 2.65. The molecule has 1 aliphatic rings. The van der Waals surface area contributed by atoms with E-state index in [1.807, 2.05) is 13.0 Å². The Balaban J connectivity index is 1.79. The van der Waals surface area contributed by atoms with Gasteiger partial charge in [-0.05, 0) is 30.9 Å². The second kappa shape index (κ2) is 7.94. The summed E-state index contributed by atoms with van der Waals surface area (Å²) in [4.78, 5) is 26.0. The molecule has 1 aliphatic heterocycles. The summed E-state index contributed by atoms with van der Waals surface area (Å²) in [7, 11) is 0. The largest absolute Gasteiger partial charge is 0.354 e. The fraction of sp³-hybridized carbons (Fsp3) is 0.529. The second-order valence-corrected chi connectivity index (χ2v) is 5.81. The number of carbonyl (C=O) groups excluding carboxylic acids is 2. The number of fused-ring (bicyclic) bond motifs is 1. The van der Waals surface area contributed by atoms with Crippen molar-refractivity contribution in [2.24, 2.45) is 0 Å². The molecule has 1 atom stereocenters. The maximum absolute atomic E-state index is 12.1. The molecule has 0 saturated carbocycles. The minimum absolute atomic E-state index is 0.0986. The van der Waals surface area contributed by atoms with E-state index in [-0.39, 0.29) is 11.8 Å².